The average Bonchev–Trinajstić information content (AvgIpc) is 2.82. The van der Waals surface area contributed by atoms with E-state index in [9.17, 15) is 0 Å². The van der Waals surface area contributed by atoms with Crippen molar-refractivity contribution in [1.29, 1.82) is 0 Å². The Morgan fingerprint density at radius 1 is 1.06 bits per heavy atom. The number of ether oxygens (including phenoxy) is 3. The van der Waals surface area contributed by atoms with E-state index < -0.39 is 0 Å². The third-order valence-corrected chi connectivity index (χ3v) is 5.51. The number of methoxy groups -OCH3 is 1. The highest BCUT2D eigenvalue weighted by Crippen LogP contribution is 2.19. The lowest BCUT2D eigenvalue weighted by Crippen LogP contribution is -2.37. The molecule has 1 aliphatic rings. The Labute approximate surface area is 186 Å². The quantitative estimate of drug-likeness (QED) is 0.475. The van der Waals surface area contributed by atoms with Gasteiger partial charge in [0.2, 0.25) is 0 Å². The van der Waals surface area contributed by atoms with Crippen LogP contribution in [0.25, 0.3) is 0 Å². The van der Waals surface area contributed by atoms with E-state index in [1.165, 1.54) is 16.7 Å². The highest BCUT2D eigenvalue weighted by molar-refractivity contribution is 5.79. The van der Waals surface area contributed by atoms with Gasteiger partial charge >= 0.3 is 0 Å². The molecule has 0 radical (unpaired) electrons. The zero-order valence-corrected chi connectivity index (χ0v) is 18.9. The van der Waals surface area contributed by atoms with E-state index in [2.05, 4.69) is 65.0 Å². The molecule has 168 valence electrons. The number of aliphatic imine (C=N–C) groups is 1. The van der Waals surface area contributed by atoms with Crippen molar-refractivity contribution in [3.8, 4) is 5.75 Å². The molecule has 0 atom stereocenters. The maximum absolute atomic E-state index is 6.04. The van der Waals surface area contributed by atoms with Gasteiger partial charge < -0.3 is 24.8 Å². The molecule has 6 nitrogen and oxygen atoms in total. The summed E-state index contributed by atoms with van der Waals surface area (Å²) in [5, 5.41) is 6.78. The summed E-state index contributed by atoms with van der Waals surface area (Å²) in [7, 11) is 3.50. The number of guanidine groups is 1. The molecule has 2 aromatic rings. The Morgan fingerprint density at radius 2 is 1.87 bits per heavy atom. The monoisotopic (exact) mass is 425 g/mol. The molecular formula is C25H35N3O3. The second-order valence-electron chi connectivity index (χ2n) is 7.85. The zero-order chi connectivity index (χ0) is 21.9. The molecule has 0 amide bonds. The molecule has 6 heteroatoms. The van der Waals surface area contributed by atoms with Gasteiger partial charge in [-0.1, -0.05) is 36.4 Å². The summed E-state index contributed by atoms with van der Waals surface area (Å²) in [5.74, 6) is 1.73. The first-order valence-electron chi connectivity index (χ1n) is 11.0. The standard InChI is InChI=1S/C25H35N3O3/c1-19-7-8-20(16-24(19)29-3)9-12-27-25(26-2)28-17-21-5-4-6-22(15-21)18-31-23-10-13-30-14-11-23/h4-8,15-16,23H,9-14,17-18H2,1-3H3,(H2,26,27,28). The lowest BCUT2D eigenvalue weighted by atomic mass is 10.1. The fourth-order valence-electron chi connectivity index (χ4n) is 3.64. The van der Waals surface area contributed by atoms with Crippen molar-refractivity contribution in [1.82, 2.24) is 10.6 Å². The van der Waals surface area contributed by atoms with Crippen LogP contribution in [0.15, 0.2) is 47.5 Å². The van der Waals surface area contributed by atoms with Crippen molar-refractivity contribution in [3.05, 3.63) is 64.7 Å². The average molecular weight is 426 g/mol. The highest BCUT2D eigenvalue weighted by atomic mass is 16.5. The molecule has 1 aliphatic heterocycles. The summed E-state index contributed by atoms with van der Waals surface area (Å²) in [6, 6.07) is 14.9. The molecule has 1 saturated heterocycles. The van der Waals surface area contributed by atoms with E-state index in [0.717, 1.165) is 56.3 Å². The van der Waals surface area contributed by atoms with Crippen LogP contribution in [0, 0.1) is 6.92 Å². The Balaban J connectivity index is 1.42. The second-order valence-corrected chi connectivity index (χ2v) is 7.85. The Kier molecular flexibility index (Phi) is 9.18. The van der Waals surface area contributed by atoms with Gasteiger partial charge in [-0.3, -0.25) is 4.99 Å². The minimum atomic E-state index is 0.312. The van der Waals surface area contributed by atoms with Gasteiger partial charge in [-0.2, -0.15) is 0 Å². The lowest BCUT2D eigenvalue weighted by Gasteiger charge is -2.22. The number of benzene rings is 2. The third kappa shape index (κ3) is 7.56. The summed E-state index contributed by atoms with van der Waals surface area (Å²) in [4.78, 5) is 4.34. The van der Waals surface area contributed by atoms with Gasteiger partial charge in [0.05, 0.1) is 19.8 Å². The summed E-state index contributed by atoms with van der Waals surface area (Å²) in [6.07, 6.45) is 3.18. The molecule has 1 heterocycles. The summed E-state index contributed by atoms with van der Waals surface area (Å²) < 4.78 is 16.8. The number of rotatable bonds is 9. The van der Waals surface area contributed by atoms with Gasteiger partial charge in [0, 0.05) is 33.4 Å². The molecule has 0 spiro atoms. The first-order valence-corrected chi connectivity index (χ1v) is 11.0. The number of aryl methyl sites for hydroxylation is 1. The Hall–Kier alpha value is -2.57. The van der Waals surface area contributed by atoms with Crippen LogP contribution in [0.5, 0.6) is 5.75 Å². The third-order valence-electron chi connectivity index (χ3n) is 5.51. The van der Waals surface area contributed by atoms with Crippen LogP contribution in [-0.4, -0.2) is 46.0 Å². The van der Waals surface area contributed by atoms with E-state index in [0.29, 0.717) is 19.3 Å². The molecule has 0 bridgehead atoms. The highest BCUT2D eigenvalue weighted by Gasteiger charge is 2.14. The van der Waals surface area contributed by atoms with Crippen molar-refractivity contribution in [2.45, 2.75) is 45.4 Å². The van der Waals surface area contributed by atoms with Crippen molar-refractivity contribution in [2.75, 3.05) is 33.9 Å². The van der Waals surface area contributed by atoms with Crippen LogP contribution in [0.1, 0.15) is 35.1 Å². The minimum absolute atomic E-state index is 0.312. The topological polar surface area (TPSA) is 64.1 Å². The van der Waals surface area contributed by atoms with Gasteiger partial charge in [-0.25, -0.2) is 0 Å². The van der Waals surface area contributed by atoms with Crippen molar-refractivity contribution < 1.29 is 14.2 Å². The number of hydrogen-bond acceptors (Lipinski definition) is 4. The maximum atomic E-state index is 6.04. The predicted molar refractivity (Wildman–Crippen MR) is 125 cm³/mol. The molecule has 0 aliphatic carbocycles. The normalized spacial score (nSPS) is 15.0. The van der Waals surface area contributed by atoms with E-state index in [1.807, 2.05) is 0 Å². The van der Waals surface area contributed by atoms with E-state index in [1.54, 1.807) is 14.2 Å². The first-order chi connectivity index (χ1) is 15.2. The maximum Gasteiger partial charge on any atom is 0.191 e. The SMILES string of the molecule is CN=C(NCCc1ccc(C)c(OC)c1)NCc1cccc(COC2CCOCC2)c1. The Bertz CT molecular complexity index is 848. The molecule has 0 aromatic heterocycles. The fraction of sp³-hybridized carbons (Fsp3) is 0.480. The van der Waals surface area contributed by atoms with Gasteiger partial charge in [-0.05, 0) is 54.5 Å². The van der Waals surface area contributed by atoms with E-state index >= 15 is 0 Å². The van der Waals surface area contributed by atoms with Crippen molar-refractivity contribution >= 4 is 5.96 Å². The summed E-state index contributed by atoms with van der Waals surface area (Å²) in [5.41, 5.74) is 4.79. The first kappa shape index (κ1) is 23.1. The van der Waals surface area contributed by atoms with Gasteiger partial charge in [0.25, 0.3) is 0 Å². The van der Waals surface area contributed by atoms with Crippen LogP contribution in [-0.2, 0) is 29.0 Å². The lowest BCUT2D eigenvalue weighted by molar-refractivity contribution is -0.0390. The minimum Gasteiger partial charge on any atom is -0.496 e. The smallest absolute Gasteiger partial charge is 0.191 e. The molecule has 3 rings (SSSR count). The summed E-state index contributed by atoms with van der Waals surface area (Å²) in [6.45, 7) is 5.81. The predicted octanol–water partition coefficient (Wildman–Crippen LogP) is 3.61. The summed E-state index contributed by atoms with van der Waals surface area (Å²) >= 11 is 0. The van der Waals surface area contributed by atoms with Crippen molar-refractivity contribution in [3.63, 3.8) is 0 Å². The van der Waals surface area contributed by atoms with Crippen LogP contribution >= 0.6 is 0 Å². The molecule has 0 unspecified atom stereocenters. The number of hydrogen-bond donors (Lipinski definition) is 2. The van der Waals surface area contributed by atoms with Gasteiger partial charge in [0.1, 0.15) is 5.75 Å². The zero-order valence-electron chi connectivity index (χ0n) is 18.9. The molecule has 2 aromatic carbocycles. The van der Waals surface area contributed by atoms with Crippen LogP contribution in [0.4, 0.5) is 0 Å². The second kappa shape index (κ2) is 12.3. The van der Waals surface area contributed by atoms with Crippen LogP contribution in [0.3, 0.4) is 0 Å². The molecule has 31 heavy (non-hydrogen) atoms. The molecule has 1 fully saturated rings. The van der Waals surface area contributed by atoms with E-state index in [-0.39, 0.29) is 0 Å². The Morgan fingerprint density at radius 3 is 2.65 bits per heavy atom. The fourth-order valence-corrected chi connectivity index (χ4v) is 3.64. The molecular weight excluding hydrogens is 390 g/mol. The van der Waals surface area contributed by atoms with Crippen LogP contribution in [0.2, 0.25) is 0 Å². The molecule has 2 N–H and O–H groups in total. The number of nitrogens with one attached hydrogen (secondary N) is 2. The van der Waals surface area contributed by atoms with Crippen LogP contribution < -0.4 is 15.4 Å². The van der Waals surface area contributed by atoms with E-state index in [4.69, 9.17) is 14.2 Å². The van der Waals surface area contributed by atoms with Crippen molar-refractivity contribution in [2.24, 2.45) is 4.99 Å². The number of nitrogens with zero attached hydrogens (tertiary/aromatic N) is 1. The van der Waals surface area contributed by atoms with Gasteiger partial charge in [0.15, 0.2) is 5.96 Å². The van der Waals surface area contributed by atoms with Gasteiger partial charge in [-0.15, -0.1) is 0 Å². The molecule has 0 saturated carbocycles. The largest absolute Gasteiger partial charge is 0.496 e.